The summed E-state index contributed by atoms with van der Waals surface area (Å²) < 4.78 is 5.56. The molecular weight excluding hydrogens is 263 g/mol. The van der Waals surface area contributed by atoms with Crippen molar-refractivity contribution < 1.29 is 4.74 Å². The molecule has 2 heteroatoms. The van der Waals surface area contributed by atoms with E-state index in [1.807, 2.05) is 0 Å². The second-order valence-electron chi connectivity index (χ2n) is 3.17. The van der Waals surface area contributed by atoms with E-state index in [2.05, 4.69) is 53.8 Å². The number of hydrogen-bond acceptors (Lipinski definition) is 1. The smallest absolute Gasteiger partial charge is 0.141 e. The summed E-state index contributed by atoms with van der Waals surface area (Å²) in [6.07, 6.45) is 1.05. The molecular formula is C10H11IO. The van der Waals surface area contributed by atoms with Gasteiger partial charge in [-0.1, -0.05) is 24.3 Å². The first-order valence-corrected chi connectivity index (χ1v) is 5.19. The molecule has 0 spiro atoms. The van der Waals surface area contributed by atoms with Crippen molar-refractivity contribution in [3.63, 3.8) is 0 Å². The Morgan fingerprint density at radius 2 is 2.17 bits per heavy atom. The molecule has 0 N–H and O–H groups in total. The van der Waals surface area contributed by atoms with Gasteiger partial charge in [0.25, 0.3) is 0 Å². The van der Waals surface area contributed by atoms with Crippen molar-refractivity contribution >= 4 is 22.6 Å². The van der Waals surface area contributed by atoms with Crippen LogP contribution in [-0.4, -0.2) is 6.61 Å². The Morgan fingerprint density at radius 1 is 1.42 bits per heavy atom. The third-order valence-corrected chi connectivity index (χ3v) is 3.14. The highest BCUT2D eigenvalue weighted by Crippen LogP contribution is 2.38. The Bertz CT molecular complexity index is 294. The van der Waals surface area contributed by atoms with Crippen molar-refractivity contribution in [2.75, 3.05) is 6.61 Å². The van der Waals surface area contributed by atoms with Crippen molar-refractivity contribution in [2.24, 2.45) is 0 Å². The van der Waals surface area contributed by atoms with E-state index < -0.39 is 0 Å². The second kappa shape index (κ2) is 3.00. The molecule has 0 fully saturated rings. The minimum atomic E-state index is -0.118. The lowest BCUT2D eigenvalue weighted by molar-refractivity contribution is 0.0405. The van der Waals surface area contributed by atoms with Gasteiger partial charge in [-0.3, -0.25) is 0 Å². The lowest BCUT2D eigenvalue weighted by Crippen LogP contribution is -2.26. The first-order chi connectivity index (χ1) is 5.70. The van der Waals surface area contributed by atoms with Gasteiger partial charge in [-0.05, 0) is 47.1 Å². The summed E-state index contributed by atoms with van der Waals surface area (Å²) in [6.45, 7) is 2.96. The maximum atomic E-state index is 5.68. The molecule has 0 saturated carbocycles. The molecule has 12 heavy (non-hydrogen) atoms. The van der Waals surface area contributed by atoms with E-state index in [0.717, 1.165) is 13.0 Å². The van der Waals surface area contributed by atoms with E-state index in [-0.39, 0.29) is 3.61 Å². The lowest BCUT2D eigenvalue weighted by Gasteiger charge is -2.30. The zero-order chi connectivity index (χ0) is 8.60. The zero-order valence-electron chi connectivity index (χ0n) is 7.01. The molecule has 64 valence electrons. The van der Waals surface area contributed by atoms with Gasteiger partial charge >= 0.3 is 0 Å². The maximum Gasteiger partial charge on any atom is 0.141 e. The van der Waals surface area contributed by atoms with Crippen LogP contribution < -0.4 is 0 Å². The van der Waals surface area contributed by atoms with Crippen LogP contribution in [0.1, 0.15) is 18.1 Å². The summed E-state index contributed by atoms with van der Waals surface area (Å²) in [7, 11) is 0. The van der Waals surface area contributed by atoms with Crippen molar-refractivity contribution in [1.82, 2.24) is 0 Å². The summed E-state index contributed by atoms with van der Waals surface area (Å²) in [5.74, 6) is 0. The lowest BCUT2D eigenvalue weighted by atomic mass is 9.99. The van der Waals surface area contributed by atoms with Gasteiger partial charge in [0.1, 0.15) is 3.61 Å². The van der Waals surface area contributed by atoms with E-state index in [1.54, 1.807) is 0 Å². The van der Waals surface area contributed by atoms with E-state index in [4.69, 9.17) is 4.74 Å². The molecule has 1 aliphatic heterocycles. The van der Waals surface area contributed by atoms with Crippen LogP contribution in [0, 0.1) is 0 Å². The largest absolute Gasteiger partial charge is 0.360 e. The molecule has 1 aliphatic rings. The van der Waals surface area contributed by atoms with Crippen LogP contribution in [0.15, 0.2) is 24.3 Å². The number of ether oxygens (including phenoxy) is 1. The first-order valence-electron chi connectivity index (χ1n) is 4.11. The number of benzene rings is 1. The number of fused-ring (bicyclic) bond motifs is 1. The fraction of sp³-hybridized carbons (Fsp3) is 0.400. The van der Waals surface area contributed by atoms with Crippen LogP contribution in [-0.2, 0) is 14.8 Å². The minimum absolute atomic E-state index is 0.118. The number of halogens is 1. The summed E-state index contributed by atoms with van der Waals surface area (Å²) >= 11 is 2.36. The fourth-order valence-corrected chi connectivity index (χ4v) is 2.35. The molecule has 1 nitrogen and oxygen atoms in total. The molecule has 0 saturated heterocycles. The topological polar surface area (TPSA) is 9.23 Å². The summed E-state index contributed by atoms with van der Waals surface area (Å²) in [5.41, 5.74) is 2.76. The first kappa shape index (κ1) is 8.51. The maximum absolute atomic E-state index is 5.68. The van der Waals surface area contributed by atoms with Gasteiger partial charge in [-0.25, -0.2) is 0 Å². The Morgan fingerprint density at radius 3 is 2.92 bits per heavy atom. The molecule has 1 unspecified atom stereocenters. The van der Waals surface area contributed by atoms with Crippen molar-refractivity contribution in [2.45, 2.75) is 17.0 Å². The molecule has 0 radical (unpaired) electrons. The molecule has 0 bridgehead atoms. The van der Waals surface area contributed by atoms with Crippen LogP contribution in [0.3, 0.4) is 0 Å². The predicted molar refractivity (Wildman–Crippen MR) is 57.5 cm³/mol. The van der Waals surface area contributed by atoms with Crippen molar-refractivity contribution in [3.8, 4) is 0 Å². The van der Waals surface area contributed by atoms with Gasteiger partial charge in [-0.2, -0.15) is 0 Å². The normalized spacial score (nSPS) is 28.2. The van der Waals surface area contributed by atoms with Crippen molar-refractivity contribution in [1.29, 1.82) is 0 Å². The highest BCUT2D eigenvalue weighted by molar-refractivity contribution is 14.1. The summed E-state index contributed by atoms with van der Waals surface area (Å²) in [6, 6.07) is 8.51. The molecule has 1 heterocycles. The fourth-order valence-electron chi connectivity index (χ4n) is 1.60. The van der Waals surface area contributed by atoms with Crippen molar-refractivity contribution in [3.05, 3.63) is 35.4 Å². The minimum Gasteiger partial charge on any atom is -0.360 e. The predicted octanol–water partition coefficient (Wildman–Crippen LogP) is 2.87. The van der Waals surface area contributed by atoms with E-state index in [0.29, 0.717) is 0 Å². The number of rotatable bonds is 0. The Kier molecular flexibility index (Phi) is 2.12. The Labute approximate surface area is 86.3 Å². The average molecular weight is 274 g/mol. The zero-order valence-corrected chi connectivity index (χ0v) is 9.17. The third-order valence-electron chi connectivity index (χ3n) is 2.24. The van der Waals surface area contributed by atoms with Gasteiger partial charge in [0, 0.05) is 0 Å². The highest BCUT2D eigenvalue weighted by Gasteiger charge is 2.29. The summed E-state index contributed by atoms with van der Waals surface area (Å²) in [5, 5.41) is 0. The monoisotopic (exact) mass is 274 g/mol. The van der Waals surface area contributed by atoms with Gasteiger partial charge in [-0.15, -0.1) is 0 Å². The van der Waals surface area contributed by atoms with Crippen LogP contribution in [0.4, 0.5) is 0 Å². The molecule has 1 aromatic carbocycles. The molecule has 1 atom stereocenters. The third kappa shape index (κ3) is 1.38. The Balaban J connectivity index is 2.52. The molecule has 0 aliphatic carbocycles. The number of alkyl halides is 1. The Hall–Kier alpha value is -0.0900. The van der Waals surface area contributed by atoms with E-state index in [1.165, 1.54) is 11.1 Å². The van der Waals surface area contributed by atoms with Gasteiger partial charge in [0.05, 0.1) is 6.61 Å². The van der Waals surface area contributed by atoms with Crippen LogP contribution >= 0.6 is 22.6 Å². The summed E-state index contributed by atoms with van der Waals surface area (Å²) in [4.78, 5) is 0. The van der Waals surface area contributed by atoms with Crippen LogP contribution in [0.25, 0.3) is 0 Å². The molecule has 1 aromatic rings. The SMILES string of the molecule is CC1(I)OCCc2ccccc21. The molecule has 0 amide bonds. The second-order valence-corrected chi connectivity index (χ2v) is 5.23. The van der Waals surface area contributed by atoms with E-state index in [9.17, 15) is 0 Å². The van der Waals surface area contributed by atoms with E-state index >= 15 is 0 Å². The van der Waals surface area contributed by atoms with Crippen LogP contribution in [0.2, 0.25) is 0 Å². The van der Waals surface area contributed by atoms with Gasteiger partial charge in [0.15, 0.2) is 0 Å². The standard InChI is InChI=1S/C10H11IO/c1-10(11)9-5-3-2-4-8(9)6-7-12-10/h2-5H,6-7H2,1H3. The molecule has 2 rings (SSSR count). The van der Waals surface area contributed by atoms with Gasteiger partial charge < -0.3 is 4.74 Å². The van der Waals surface area contributed by atoms with Gasteiger partial charge in [0.2, 0.25) is 0 Å². The van der Waals surface area contributed by atoms with Crippen LogP contribution in [0.5, 0.6) is 0 Å². The average Bonchev–Trinajstić information content (AvgIpc) is 2.04. The highest BCUT2D eigenvalue weighted by atomic mass is 127. The quantitative estimate of drug-likeness (QED) is 0.522. The molecule has 0 aromatic heterocycles. The number of hydrogen-bond donors (Lipinski definition) is 0.